The van der Waals surface area contributed by atoms with Gasteiger partial charge in [-0.1, -0.05) is 79.0 Å². The summed E-state index contributed by atoms with van der Waals surface area (Å²) in [6, 6.07) is 27.0. The van der Waals surface area contributed by atoms with Crippen LogP contribution in [-0.2, 0) is 33.7 Å². The molecule has 4 aromatic rings. The van der Waals surface area contributed by atoms with Gasteiger partial charge in [-0.15, -0.1) is 0 Å². The summed E-state index contributed by atoms with van der Waals surface area (Å²) in [4.78, 5) is 41.6. The second-order valence-electron chi connectivity index (χ2n) is 14.3. The van der Waals surface area contributed by atoms with E-state index >= 15 is 0 Å². The van der Waals surface area contributed by atoms with E-state index < -0.39 is 44.3 Å². The number of hydrogen-bond donors (Lipinski definition) is 1. The largest absolute Gasteiger partial charge is 0.497 e. The van der Waals surface area contributed by atoms with Gasteiger partial charge in [0.25, 0.3) is 8.53 Å². The zero-order chi connectivity index (χ0) is 43.2. The Kier molecular flexibility index (Phi) is 17.3. The van der Waals surface area contributed by atoms with E-state index in [1.54, 1.807) is 14.2 Å². The maximum absolute atomic E-state index is 13.6. The number of carbonyl (C=O) groups excluding carboxylic acids is 2. The van der Waals surface area contributed by atoms with E-state index in [0.29, 0.717) is 17.3 Å². The molecule has 1 amide bonds. The van der Waals surface area contributed by atoms with Crippen LogP contribution in [0.4, 0.5) is 10.6 Å². The number of carbonyl (C=O) groups is 2. The van der Waals surface area contributed by atoms with E-state index in [-0.39, 0.29) is 49.3 Å². The van der Waals surface area contributed by atoms with Crippen molar-refractivity contribution in [3.63, 3.8) is 0 Å². The summed E-state index contributed by atoms with van der Waals surface area (Å²) in [5.74, 6) is 1.86. The first kappa shape index (κ1) is 46.5. The molecule has 5 rings (SSSR count). The fourth-order valence-electron chi connectivity index (χ4n) is 6.93. The maximum atomic E-state index is 13.6. The van der Waals surface area contributed by atoms with Gasteiger partial charge in [0.15, 0.2) is 5.12 Å². The van der Waals surface area contributed by atoms with Crippen LogP contribution in [0.1, 0.15) is 64.0 Å². The van der Waals surface area contributed by atoms with E-state index in [1.807, 2.05) is 78.9 Å². The second-order valence-corrected chi connectivity index (χ2v) is 17.0. The molecule has 0 spiro atoms. The third-order valence-corrected chi connectivity index (χ3v) is 12.5. The average Bonchev–Trinajstić information content (AvgIpc) is 3.64. The number of amides is 1. The van der Waals surface area contributed by atoms with Gasteiger partial charge in [0.05, 0.1) is 33.5 Å². The Morgan fingerprint density at radius 3 is 2.10 bits per heavy atom. The van der Waals surface area contributed by atoms with Crippen LogP contribution in [0.2, 0.25) is 0 Å². The van der Waals surface area contributed by atoms with Crippen LogP contribution in [0.25, 0.3) is 0 Å². The molecule has 1 unspecified atom stereocenters. The van der Waals surface area contributed by atoms with Gasteiger partial charge in [-0.05, 0) is 74.7 Å². The van der Waals surface area contributed by atoms with E-state index in [0.717, 1.165) is 16.7 Å². The summed E-state index contributed by atoms with van der Waals surface area (Å²) in [5.41, 5.74) is 0.719. The number of rotatable bonds is 21. The number of nitrogens with zero attached hydrogens (tertiary/aromatic N) is 3. The number of ether oxygens (including phenoxy) is 5. The molecular weight excluding hydrogens is 808 g/mol. The van der Waals surface area contributed by atoms with Crippen LogP contribution < -0.4 is 20.5 Å². The summed E-state index contributed by atoms with van der Waals surface area (Å²) >= 11 is 1.19. The highest BCUT2D eigenvalue weighted by molar-refractivity contribution is 8.13. The summed E-state index contributed by atoms with van der Waals surface area (Å²) in [5, 5.41) is 2.47. The van der Waals surface area contributed by atoms with Gasteiger partial charge in [0.2, 0.25) is 0 Å². The normalized spacial score (nSPS) is 17.1. The highest BCUT2D eigenvalue weighted by atomic mass is 32.2. The van der Waals surface area contributed by atoms with Crippen molar-refractivity contribution in [2.75, 3.05) is 45.1 Å². The highest BCUT2D eigenvalue weighted by Crippen LogP contribution is 2.50. The Bertz CT molecular complexity index is 2000. The lowest BCUT2D eigenvalue weighted by Gasteiger charge is -2.39. The van der Waals surface area contributed by atoms with Gasteiger partial charge in [-0.3, -0.25) is 14.7 Å². The molecule has 1 aromatic heterocycles. The Morgan fingerprint density at radius 1 is 0.967 bits per heavy atom. The Labute approximate surface area is 357 Å². The van der Waals surface area contributed by atoms with Crippen LogP contribution in [0, 0.1) is 0 Å². The monoisotopic (exact) mass is 862 g/mol. The molecule has 1 aliphatic rings. The number of anilines is 1. The molecule has 1 saturated heterocycles. The maximum Gasteiger partial charge on any atom is 0.413 e. The Morgan fingerprint density at radius 2 is 1.57 bits per heavy atom. The topological polar surface area (TPSA) is 149 Å². The predicted octanol–water partition coefficient (Wildman–Crippen LogP) is 8.32. The Hall–Kier alpha value is -4.60. The molecule has 322 valence electrons. The number of aromatic nitrogens is 2. The van der Waals surface area contributed by atoms with Crippen molar-refractivity contribution in [3.05, 3.63) is 131 Å². The molecule has 1 fully saturated rings. The molecule has 0 bridgehead atoms. The molecule has 1 aliphatic heterocycles. The molecule has 2 heterocycles. The van der Waals surface area contributed by atoms with Crippen LogP contribution >= 0.6 is 20.3 Å². The quantitative estimate of drug-likeness (QED) is 0.0371. The van der Waals surface area contributed by atoms with Gasteiger partial charge >= 0.3 is 11.8 Å². The predicted molar refractivity (Wildman–Crippen MR) is 233 cm³/mol. The molecule has 3 aromatic carbocycles. The van der Waals surface area contributed by atoms with E-state index in [1.165, 1.54) is 41.6 Å². The third-order valence-electron chi connectivity index (χ3n) is 9.58. The smallest absolute Gasteiger partial charge is 0.413 e. The summed E-state index contributed by atoms with van der Waals surface area (Å²) in [6.45, 7) is 13.7. The highest BCUT2D eigenvalue weighted by Gasteiger charge is 2.45. The SMILES string of the molecule is C=CCOC(=O)Nc1ccn([C@H]2C[C@H](OP(OCCSC(C)=O)N(C(C)C)C(C)C)[C@@H](COC(c3ccccc3)(c3ccc(OC)cc3)c3ccc(OC)cc3)O2)c(=O)n1. The summed E-state index contributed by atoms with van der Waals surface area (Å²) in [6.07, 6.45) is 0.224. The van der Waals surface area contributed by atoms with Crippen LogP contribution in [-0.4, -0.2) is 89.5 Å². The first-order valence-corrected chi connectivity index (χ1v) is 21.8. The van der Waals surface area contributed by atoms with Crippen molar-refractivity contribution in [2.24, 2.45) is 0 Å². The van der Waals surface area contributed by atoms with E-state index in [9.17, 15) is 14.4 Å². The van der Waals surface area contributed by atoms with Crippen molar-refractivity contribution in [1.82, 2.24) is 14.2 Å². The number of nitrogens with one attached hydrogen (secondary N) is 1. The van der Waals surface area contributed by atoms with Crippen LogP contribution in [0.3, 0.4) is 0 Å². The standard InChI is InChI=1S/C44H55N4O10PS/c1-9-25-54-43(51)46-40-23-24-47(42(50)45-40)41-28-38(58-59(48(30(2)3)31(4)5)56-26-27-60-32(6)49)39(57-41)29-55-44(33-13-11-10-12-14-33,34-15-19-36(52-7)20-16-34)35-17-21-37(53-8)22-18-35/h9-24,30-31,38-39,41H,1,25-29H2,2-8H3,(H,45,46,50,51)/t38-,39+,41+,59?/m0/s1. The molecule has 1 N–H and O–H groups in total. The first-order valence-electron chi connectivity index (χ1n) is 19.7. The first-order chi connectivity index (χ1) is 28.9. The lowest BCUT2D eigenvalue weighted by Crippen LogP contribution is -2.39. The van der Waals surface area contributed by atoms with Gasteiger partial charge in [0.1, 0.15) is 41.9 Å². The molecular formula is C44H55N4O10PS. The molecule has 4 atom stereocenters. The number of benzene rings is 3. The molecule has 0 aliphatic carbocycles. The summed E-state index contributed by atoms with van der Waals surface area (Å²) in [7, 11) is 1.55. The second kappa shape index (κ2) is 22.3. The fourth-order valence-corrected chi connectivity index (χ4v) is 9.27. The minimum absolute atomic E-state index is 0.000976. The zero-order valence-corrected chi connectivity index (χ0v) is 36.9. The molecule has 0 radical (unpaired) electrons. The average molecular weight is 863 g/mol. The van der Waals surface area contributed by atoms with Crippen molar-refractivity contribution in [3.8, 4) is 11.5 Å². The summed E-state index contributed by atoms with van der Waals surface area (Å²) < 4.78 is 47.1. The van der Waals surface area contributed by atoms with Crippen LogP contribution in [0.15, 0.2) is 109 Å². The van der Waals surface area contributed by atoms with Gasteiger partial charge < -0.3 is 32.7 Å². The van der Waals surface area contributed by atoms with Crippen LogP contribution in [0.5, 0.6) is 11.5 Å². The van der Waals surface area contributed by atoms with Crippen molar-refractivity contribution in [1.29, 1.82) is 0 Å². The third kappa shape index (κ3) is 11.8. The van der Waals surface area contributed by atoms with Crippen molar-refractivity contribution < 1.29 is 42.3 Å². The minimum atomic E-state index is -1.70. The van der Waals surface area contributed by atoms with Gasteiger partial charge in [0, 0.05) is 37.4 Å². The molecule has 14 nitrogen and oxygen atoms in total. The van der Waals surface area contributed by atoms with Gasteiger partial charge in [-0.2, -0.15) is 4.98 Å². The molecule has 60 heavy (non-hydrogen) atoms. The Balaban J connectivity index is 1.56. The lowest BCUT2D eigenvalue weighted by molar-refractivity contribution is -0.109. The zero-order valence-electron chi connectivity index (χ0n) is 35.1. The lowest BCUT2D eigenvalue weighted by atomic mass is 9.80. The molecule has 0 saturated carbocycles. The number of methoxy groups -OCH3 is 2. The van der Waals surface area contributed by atoms with E-state index in [2.05, 4.69) is 49.2 Å². The fraction of sp³-hybridized carbons (Fsp3) is 0.409. The van der Waals surface area contributed by atoms with Crippen molar-refractivity contribution in [2.45, 2.75) is 77.2 Å². The van der Waals surface area contributed by atoms with Crippen molar-refractivity contribution >= 4 is 37.3 Å². The molecule has 16 heteroatoms. The van der Waals surface area contributed by atoms with E-state index in [4.69, 9.17) is 32.7 Å². The number of thioether (sulfide) groups is 1. The number of hydrogen-bond acceptors (Lipinski definition) is 13. The van der Waals surface area contributed by atoms with Gasteiger partial charge in [-0.25, -0.2) is 14.3 Å². The minimum Gasteiger partial charge on any atom is -0.497 e.